The van der Waals surface area contributed by atoms with Crippen molar-refractivity contribution in [1.29, 1.82) is 0 Å². The number of nitrogens with one attached hydrogen (secondary N) is 1. The number of nitrogens with zero attached hydrogens (tertiary/aromatic N) is 2. The van der Waals surface area contributed by atoms with Gasteiger partial charge in [0.15, 0.2) is 0 Å². The number of fused-ring (bicyclic) bond motifs is 3. The lowest BCUT2D eigenvalue weighted by Crippen LogP contribution is -2.42. The lowest BCUT2D eigenvalue weighted by atomic mass is 9.74. The van der Waals surface area contributed by atoms with Crippen molar-refractivity contribution in [1.82, 2.24) is 14.5 Å². The second kappa shape index (κ2) is 6.68. The lowest BCUT2D eigenvalue weighted by molar-refractivity contribution is 0.155. The number of aromatic nitrogens is 2. The predicted molar refractivity (Wildman–Crippen MR) is 109 cm³/mol. The Kier molecular flexibility index (Phi) is 4.16. The van der Waals surface area contributed by atoms with Gasteiger partial charge in [-0.3, -0.25) is 4.57 Å². The number of aryl methyl sites for hydroxylation is 2. The minimum atomic E-state index is 0.0105. The van der Waals surface area contributed by atoms with Crippen molar-refractivity contribution in [2.45, 2.75) is 44.1 Å². The molecule has 2 heterocycles. The third kappa shape index (κ3) is 2.92. The first-order chi connectivity index (χ1) is 13.3. The summed E-state index contributed by atoms with van der Waals surface area (Å²) < 4.78 is 1.88. The number of imidazole rings is 1. The van der Waals surface area contributed by atoms with E-state index in [0.717, 1.165) is 30.5 Å². The minimum Gasteiger partial charge on any atom is -0.306 e. The Morgan fingerprint density at radius 1 is 0.926 bits per heavy atom. The van der Waals surface area contributed by atoms with E-state index in [9.17, 15) is 4.79 Å². The van der Waals surface area contributed by atoms with Crippen molar-refractivity contribution in [3.05, 3.63) is 70.1 Å². The Hall–Kier alpha value is -2.33. The normalized spacial score (nSPS) is 19.0. The Morgan fingerprint density at radius 2 is 1.70 bits per heavy atom. The fourth-order valence-corrected chi connectivity index (χ4v) is 5.27. The number of likely N-dealkylation sites (tertiary alicyclic amines) is 1. The minimum absolute atomic E-state index is 0.0105. The molecular weight excluding hydrogens is 334 g/mol. The molecule has 0 bridgehead atoms. The highest BCUT2D eigenvalue weighted by molar-refractivity contribution is 5.74. The Bertz CT molecular complexity index is 1010. The summed E-state index contributed by atoms with van der Waals surface area (Å²) in [4.78, 5) is 17.7. The Morgan fingerprint density at radius 3 is 2.59 bits per heavy atom. The average Bonchev–Trinajstić information content (AvgIpc) is 3.22. The molecule has 4 heteroatoms. The van der Waals surface area contributed by atoms with Gasteiger partial charge in [0.2, 0.25) is 0 Å². The van der Waals surface area contributed by atoms with Crippen LogP contribution in [0.5, 0.6) is 0 Å². The van der Waals surface area contributed by atoms with Crippen LogP contribution in [0.2, 0.25) is 0 Å². The molecule has 1 saturated heterocycles. The van der Waals surface area contributed by atoms with Gasteiger partial charge in [0.1, 0.15) is 0 Å². The zero-order chi connectivity index (χ0) is 18.3. The molecule has 1 N–H and O–H groups in total. The van der Waals surface area contributed by atoms with Gasteiger partial charge in [-0.05, 0) is 80.4 Å². The van der Waals surface area contributed by atoms with Crippen molar-refractivity contribution in [3.8, 4) is 0 Å². The van der Waals surface area contributed by atoms with Gasteiger partial charge in [-0.15, -0.1) is 0 Å². The molecular formula is C23H27N3O. The van der Waals surface area contributed by atoms with Crippen LogP contribution >= 0.6 is 0 Å². The topological polar surface area (TPSA) is 41.0 Å². The maximum Gasteiger partial charge on any atom is 0.326 e. The number of piperidine rings is 1. The van der Waals surface area contributed by atoms with Crippen molar-refractivity contribution < 1.29 is 0 Å². The molecule has 3 aromatic rings. The van der Waals surface area contributed by atoms with Crippen molar-refractivity contribution >= 4 is 11.0 Å². The summed E-state index contributed by atoms with van der Waals surface area (Å²) in [6, 6.07) is 17.0. The van der Waals surface area contributed by atoms with Crippen LogP contribution < -0.4 is 5.69 Å². The first-order valence-electron chi connectivity index (χ1n) is 10.2. The molecule has 0 saturated carbocycles. The third-order valence-electron chi connectivity index (χ3n) is 6.81. The van der Waals surface area contributed by atoms with Gasteiger partial charge < -0.3 is 9.88 Å². The highest BCUT2D eigenvalue weighted by Crippen LogP contribution is 2.46. The standard InChI is InChI=1S/C23H27N3O/c27-22-24-20-8-3-4-9-21(20)26(22)15-5-14-25-16-12-23(13-17-25)11-10-18-6-1-2-7-19(18)23/h1-4,6-9H,5,10-17H2,(H,24,27). The van der Waals surface area contributed by atoms with Crippen molar-refractivity contribution in [2.75, 3.05) is 19.6 Å². The van der Waals surface area contributed by atoms with E-state index in [-0.39, 0.29) is 5.69 Å². The number of hydrogen-bond acceptors (Lipinski definition) is 2. The molecule has 1 aromatic heterocycles. The SMILES string of the molecule is O=c1[nH]c2ccccc2n1CCCN1CCC2(CCc3ccccc32)CC1. The second-order valence-corrected chi connectivity index (χ2v) is 8.23. The van der Waals surface area contributed by atoms with Gasteiger partial charge in [-0.1, -0.05) is 36.4 Å². The predicted octanol–water partition coefficient (Wildman–Crippen LogP) is 3.70. The maximum absolute atomic E-state index is 12.2. The fourth-order valence-electron chi connectivity index (χ4n) is 5.27. The monoisotopic (exact) mass is 361 g/mol. The summed E-state index contributed by atoms with van der Waals surface area (Å²) in [5.41, 5.74) is 5.59. The Balaban J connectivity index is 1.20. The highest BCUT2D eigenvalue weighted by Gasteiger charge is 2.40. The molecule has 5 rings (SSSR count). The molecule has 0 unspecified atom stereocenters. The van der Waals surface area contributed by atoms with E-state index in [4.69, 9.17) is 0 Å². The smallest absolute Gasteiger partial charge is 0.306 e. The van der Waals surface area contributed by atoms with Crippen LogP contribution in [0.3, 0.4) is 0 Å². The van der Waals surface area contributed by atoms with E-state index in [0.29, 0.717) is 5.41 Å². The zero-order valence-corrected chi connectivity index (χ0v) is 15.8. The molecule has 2 aliphatic rings. The summed E-state index contributed by atoms with van der Waals surface area (Å²) >= 11 is 0. The van der Waals surface area contributed by atoms with Crippen molar-refractivity contribution in [3.63, 3.8) is 0 Å². The summed E-state index contributed by atoms with van der Waals surface area (Å²) in [7, 11) is 0. The lowest BCUT2D eigenvalue weighted by Gasteiger charge is -2.40. The zero-order valence-electron chi connectivity index (χ0n) is 15.8. The molecule has 1 aliphatic heterocycles. The first kappa shape index (κ1) is 16.8. The maximum atomic E-state index is 12.2. The molecule has 0 radical (unpaired) electrons. The highest BCUT2D eigenvalue weighted by atomic mass is 16.1. The van der Waals surface area contributed by atoms with E-state index in [1.807, 2.05) is 28.8 Å². The summed E-state index contributed by atoms with van der Waals surface area (Å²) in [6.07, 6.45) is 6.14. The number of hydrogen-bond donors (Lipinski definition) is 1. The van der Waals surface area contributed by atoms with E-state index >= 15 is 0 Å². The summed E-state index contributed by atoms with van der Waals surface area (Å²) in [5, 5.41) is 0. The molecule has 4 nitrogen and oxygen atoms in total. The van der Waals surface area contributed by atoms with Gasteiger partial charge in [0, 0.05) is 6.54 Å². The second-order valence-electron chi connectivity index (χ2n) is 8.23. The summed E-state index contributed by atoms with van der Waals surface area (Å²) in [5.74, 6) is 0. The molecule has 1 fully saturated rings. The Labute approximate surface area is 159 Å². The summed E-state index contributed by atoms with van der Waals surface area (Å²) in [6.45, 7) is 4.21. The van der Waals surface area contributed by atoms with Crippen LogP contribution in [0.4, 0.5) is 0 Å². The number of H-pyrrole nitrogens is 1. The fraction of sp³-hybridized carbons (Fsp3) is 0.435. The molecule has 140 valence electrons. The number of aromatic amines is 1. The number of benzene rings is 2. The van der Waals surface area contributed by atoms with Gasteiger partial charge in [0.05, 0.1) is 11.0 Å². The first-order valence-corrected chi connectivity index (χ1v) is 10.2. The largest absolute Gasteiger partial charge is 0.326 e. The molecule has 27 heavy (non-hydrogen) atoms. The van der Waals surface area contributed by atoms with Gasteiger partial charge in [-0.25, -0.2) is 4.79 Å². The van der Waals surface area contributed by atoms with Crippen LogP contribution in [0.15, 0.2) is 53.3 Å². The third-order valence-corrected chi connectivity index (χ3v) is 6.81. The molecule has 1 spiro atoms. The number of para-hydroxylation sites is 2. The van der Waals surface area contributed by atoms with Crippen LogP contribution in [0, 0.1) is 0 Å². The van der Waals surface area contributed by atoms with Crippen LogP contribution in [0.25, 0.3) is 11.0 Å². The molecule has 1 aliphatic carbocycles. The average molecular weight is 361 g/mol. The van der Waals surface area contributed by atoms with Crippen LogP contribution in [-0.4, -0.2) is 34.1 Å². The van der Waals surface area contributed by atoms with Crippen molar-refractivity contribution in [2.24, 2.45) is 0 Å². The van der Waals surface area contributed by atoms with Gasteiger partial charge >= 0.3 is 5.69 Å². The van der Waals surface area contributed by atoms with E-state index < -0.39 is 0 Å². The van der Waals surface area contributed by atoms with Crippen LogP contribution in [-0.2, 0) is 18.4 Å². The molecule has 0 atom stereocenters. The van der Waals surface area contributed by atoms with E-state index in [2.05, 4.69) is 34.1 Å². The molecule has 0 amide bonds. The van der Waals surface area contributed by atoms with Gasteiger partial charge in [-0.2, -0.15) is 0 Å². The quantitative estimate of drug-likeness (QED) is 0.770. The van der Waals surface area contributed by atoms with Gasteiger partial charge in [0.25, 0.3) is 0 Å². The van der Waals surface area contributed by atoms with E-state index in [1.165, 1.54) is 38.8 Å². The van der Waals surface area contributed by atoms with Crippen LogP contribution in [0.1, 0.15) is 36.8 Å². The van der Waals surface area contributed by atoms with E-state index in [1.54, 1.807) is 11.1 Å². The number of rotatable bonds is 4. The molecule has 2 aromatic carbocycles.